The number of sulfonamides is 1. The monoisotopic (exact) mass is 255 g/mol. The summed E-state index contributed by atoms with van der Waals surface area (Å²) in [5.41, 5.74) is 0.945. The Bertz CT molecular complexity index is 481. The summed E-state index contributed by atoms with van der Waals surface area (Å²) in [7, 11) is -3.56. The molecule has 94 valence electrons. The number of hydrogen-bond acceptors (Lipinski definition) is 4. The molecule has 0 saturated carbocycles. The summed E-state index contributed by atoms with van der Waals surface area (Å²) in [5, 5.41) is 0. The Morgan fingerprint density at radius 2 is 1.88 bits per heavy atom. The molecule has 1 aliphatic heterocycles. The van der Waals surface area contributed by atoms with Crippen molar-refractivity contribution in [3.05, 3.63) is 24.3 Å². The first-order chi connectivity index (χ1) is 8.13. The Balaban J connectivity index is 2.28. The van der Waals surface area contributed by atoms with Gasteiger partial charge in [-0.25, -0.2) is 8.42 Å². The number of piperidine rings is 1. The van der Waals surface area contributed by atoms with Crippen LogP contribution in [-0.4, -0.2) is 21.5 Å². The fourth-order valence-corrected chi connectivity index (χ4v) is 2.74. The lowest BCUT2D eigenvalue weighted by atomic mass is 10.1. The zero-order chi connectivity index (χ0) is 12.3. The molecular formula is C11H17N3O2S. The van der Waals surface area contributed by atoms with Gasteiger partial charge < -0.3 is 4.90 Å². The van der Waals surface area contributed by atoms with E-state index in [0.29, 0.717) is 0 Å². The summed E-state index contributed by atoms with van der Waals surface area (Å²) in [6.07, 6.45) is 3.57. The Morgan fingerprint density at radius 3 is 2.53 bits per heavy atom. The van der Waals surface area contributed by atoms with Crippen molar-refractivity contribution in [2.24, 2.45) is 5.84 Å². The maximum atomic E-state index is 11.6. The van der Waals surface area contributed by atoms with E-state index in [2.05, 4.69) is 4.90 Å². The highest BCUT2D eigenvalue weighted by Crippen LogP contribution is 2.22. The predicted molar refractivity (Wildman–Crippen MR) is 67.0 cm³/mol. The molecule has 1 fully saturated rings. The van der Waals surface area contributed by atoms with E-state index in [1.165, 1.54) is 6.42 Å². The zero-order valence-corrected chi connectivity index (χ0v) is 10.4. The van der Waals surface area contributed by atoms with E-state index in [1.807, 2.05) is 10.9 Å². The van der Waals surface area contributed by atoms with E-state index in [0.717, 1.165) is 31.6 Å². The second kappa shape index (κ2) is 5.03. The van der Waals surface area contributed by atoms with Crippen molar-refractivity contribution in [2.75, 3.05) is 18.0 Å². The van der Waals surface area contributed by atoms with Crippen molar-refractivity contribution in [2.45, 2.75) is 24.2 Å². The van der Waals surface area contributed by atoms with Crippen LogP contribution in [0.25, 0.3) is 0 Å². The van der Waals surface area contributed by atoms with Crippen LogP contribution in [0.1, 0.15) is 19.3 Å². The standard InChI is InChI=1S/C11H17N3O2S/c12-13-17(15,16)11-6-4-5-10(9-11)14-7-2-1-3-8-14/h4-6,9,13H,1-3,7-8,12H2. The van der Waals surface area contributed by atoms with Crippen LogP contribution in [-0.2, 0) is 10.0 Å². The van der Waals surface area contributed by atoms with Crippen LogP contribution in [0.2, 0.25) is 0 Å². The van der Waals surface area contributed by atoms with E-state index < -0.39 is 10.0 Å². The van der Waals surface area contributed by atoms with Crippen LogP contribution in [0, 0.1) is 0 Å². The molecule has 3 N–H and O–H groups in total. The van der Waals surface area contributed by atoms with Crippen LogP contribution < -0.4 is 15.6 Å². The molecule has 1 aliphatic rings. The van der Waals surface area contributed by atoms with E-state index in [4.69, 9.17) is 5.84 Å². The summed E-state index contributed by atoms with van der Waals surface area (Å²) < 4.78 is 23.2. The van der Waals surface area contributed by atoms with Crippen molar-refractivity contribution in [3.63, 3.8) is 0 Å². The van der Waals surface area contributed by atoms with Gasteiger partial charge in [-0.2, -0.15) is 4.83 Å². The van der Waals surface area contributed by atoms with E-state index in [-0.39, 0.29) is 4.90 Å². The number of benzene rings is 1. The van der Waals surface area contributed by atoms with E-state index in [1.54, 1.807) is 18.2 Å². The minimum atomic E-state index is -3.56. The smallest absolute Gasteiger partial charge is 0.253 e. The molecule has 0 aliphatic carbocycles. The molecule has 1 aromatic rings. The van der Waals surface area contributed by atoms with Crippen LogP contribution >= 0.6 is 0 Å². The van der Waals surface area contributed by atoms with Gasteiger partial charge in [0.2, 0.25) is 0 Å². The molecule has 0 radical (unpaired) electrons. The topological polar surface area (TPSA) is 75.4 Å². The number of rotatable bonds is 3. The summed E-state index contributed by atoms with van der Waals surface area (Å²) in [6, 6.07) is 6.89. The fourth-order valence-electron chi connectivity index (χ4n) is 2.07. The average molecular weight is 255 g/mol. The molecule has 1 saturated heterocycles. The number of nitrogens with two attached hydrogens (primary N) is 1. The minimum Gasteiger partial charge on any atom is -0.372 e. The molecule has 1 heterocycles. The highest BCUT2D eigenvalue weighted by molar-refractivity contribution is 7.89. The molecular weight excluding hydrogens is 238 g/mol. The maximum Gasteiger partial charge on any atom is 0.253 e. The summed E-state index contributed by atoms with van der Waals surface area (Å²) in [6.45, 7) is 1.97. The Hall–Kier alpha value is -1.11. The average Bonchev–Trinajstić information content (AvgIpc) is 2.40. The van der Waals surface area contributed by atoms with Crippen molar-refractivity contribution in [3.8, 4) is 0 Å². The third-order valence-electron chi connectivity index (χ3n) is 3.00. The van der Waals surface area contributed by atoms with Crippen molar-refractivity contribution in [1.82, 2.24) is 4.83 Å². The van der Waals surface area contributed by atoms with Crippen molar-refractivity contribution in [1.29, 1.82) is 0 Å². The molecule has 6 heteroatoms. The first-order valence-corrected chi connectivity index (χ1v) is 7.19. The lowest BCUT2D eigenvalue weighted by Gasteiger charge is -2.29. The largest absolute Gasteiger partial charge is 0.372 e. The second-order valence-electron chi connectivity index (χ2n) is 4.17. The van der Waals surface area contributed by atoms with E-state index >= 15 is 0 Å². The van der Waals surface area contributed by atoms with Gasteiger partial charge in [-0.3, -0.25) is 5.84 Å². The lowest BCUT2D eigenvalue weighted by Crippen LogP contribution is -2.31. The van der Waals surface area contributed by atoms with Gasteiger partial charge in [-0.15, -0.1) is 0 Å². The van der Waals surface area contributed by atoms with Crippen molar-refractivity contribution >= 4 is 15.7 Å². The van der Waals surface area contributed by atoms with Crippen LogP contribution in [0.3, 0.4) is 0 Å². The first kappa shape index (κ1) is 12.3. The molecule has 0 bridgehead atoms. The van der Waals surface area contributed by atoms with Crippen LogP contribution in [0.4, 0.5) is 5.69 Å². The Morgan fingerprint density at radius 1 is 1.18 bits per heavy atom. The number of nitrogens with zero attached hydrogens (tertiary/aromatic N) is 1. The fraction of sp³-hybridized carbons (Fsp3) is 0.455. The zero-order valence-electron chi connectivity index (χ0n) is 9.59. The highest BCUT2D eigenvalue weighted by atomic mass is 32.2. The second-order valence-corrected chi connectivity index (χ2v) is 5.88. The number of hydrazine groups is 1. The molecule has 5 nitrogen and oxygen atoms in total. The van der Waals surface area contributed by atoms with Gasteiger partial charge in [-0.1, -0.05) is 6.07 Å². The molecule has 0 amide bonds. The third kappa shape index (κ3) is 2.77. The maximum absolute atomic E-state index is 11.6. The Kier molecular flexibility index (Phi) is 3.66. The number of hydrogen-bond donors (Lipinski definition) is 2. The van der Waals surface area contributed by atoms with Gasteiger partial charge in [-0.05, 0) is 37.5 Å². The van der Waals surface area contributed by atoms with Gasteiger partial charge in [0.25, 0.3) is 10.0 Å². The minimum absolute atomic E-state index is 0.211. The lowest BCUT2D eigenvalue weighted by molar-refractivity contribution is 0.575. The first-order valence-electron chi connectivity index (χ1n) is 5.71. The molecule has 0 spiro atoms. The molecule has 0 atom stereocenters. The molecule has 17 heavy (non-hydrogen) atoms. The van der Waals surface area contributed by atoms with Gasteiger partial charge in [0.1, 0.15) is 0 Å². The van der Waals surface area contributed by atoms with Crippen molar-refractivity contribution < 1.29 is 8.42 Å². The van der Waals surface area contributed by atoms with Crippen LogP contribution in [0.15, 0.2) is 29.2 Å². The number of nitrogens with one attached hydrogen (secondary N) is 1. The summed E-state index contributed by atoms with van der Waals surface area (Å²) >= 11 is 0. The Labute approximate surface area is 102 Å². The SMILES string of the molecule is NNS(=O)(=O)c1cccc(N2CCCCC2)c1. The predicted octanol–water partition coefficient (Wildman–Crippen LogP) is 0.829. The molecule has 0 aromatic heterocycles. The summed E-state index contributed by atoms with van der Waals surface area (Å²) in [5.74, 6) is 5.02. The van der Waals surface area contributed by atoms with Gasteiger partial charge in [0.15, 0.2) is 0 Å². The van der Waals surface area contributed by atoms with Crippen LogP contribution in [0.5, 0.6) is 0 Å². The van der Waals surface area contributed by atoms with Gasteiger partial charge >= 0.3 is 0 Å². The quantitative estimate of drug-likeness (QED) is 0.619. The molecule has 1 aromatic carbocycles. The van der Waals surface area contributed by atoms with Gasteiger partial charge in [0, 0.05) is 18.8 Å². The number of anilines is 1. The third-order valence-corrected chi connectivity index (χ3v) is 4.19. The molecule has 2 rings (SSSR count). The highest BCUT2D eigenvalue weighted by Gasteiger charge is 2.15. The van der Waals surface area contributed by atoms with E-state index in [9.17, 15) is 8.42 Å². The van der Waals surface area contributed by atoms with Gasteiger partial charge in [0.05, 0.1) is 4.90 Å². The normalized spacial score (nSPS) is 17.1. The summed E-state index contributed by atoms with van der Waals surface area (Å²) in [4.78, 5) is 4.26. The molecule has 0 unspecified atom stereocenters.